The number of hydrogen-bond acceptors (Lipinski definition) is 3. The summed E-state index contributed by atoms with van der Waals surface area (Å²) in [6.45, 7) is 4.91. The Labute approximate surface area is 146 Å². The fourth-order valence-corrected chi connectivity index (χ4v) is 3.47. The Kier molecular flexibility index (Phi) is 3.68. The second-order valence-electron chi connectivity index (χ2n) is 6.80. The number of aryl methyl sites for hydroxylation is 2. The van der Waals surface area contributed by atoms with Gasteiger partial charge in [-0.25, -0.2) is 4.98 Å². The van der Waals surface area contributed by atoms with E-state index in [1.807, 2.05) is 0 Å². The maximum atomic E-state index is 12.9. The predicted octanol–water partition coefficient (Wildman–Crippen LogP) is 3.93. The molecule has 0 unspecified atom stereocenters. The quantitative estimate of drug-likeness (QED) is 0.687. The average molecular weight is 331 g/mol. The molecule has 1 aliphatic rings. The Hall–Kier alpha value is -2.88. The SMILES string of the molecule is Cc1ccc(C)c(C=C2CCCn3c2nc2cc(N)ccc2c3=O)c1. The van der Waals surface area contributed by atoms with E-state index in [0.717, 1.165) is 24.2 Å². The van der Waals surface area contributed by atoms with Crippen molar-refractivity contribution in [2.75, 3.05) is 5.73 Å². The summed E-state index contributed by atoms with van der Waals surface area (Å²) < 4.78 is 1.80. The second kappa shape index (κ2) is 5.88. The molecule has 1 aliphatic heterocycles. The second-order valence-corrected chi connectivity index (χ2v) is 6.80. The molecule has 25 heavy (non-hydrogen) atoms. The van der Waals surface area contributed by atoms with E-state index in [2.05, 4.69) is 38.1 Å². The van der Waals surface area contributed by atoms with Gasteiger partial charge in [0.05, 0.1) is 10.9 Å². The molecule has 0 fully saturated rings. The standard InChI is InChI=1S/C21H21N3O/c1-13-5-6-14(2)16(10-13)11-15-4-3-9-24-20(15)23-19-12-17(22)7-8-18(19)21(24)25/h5-8,10-12H,3-4,9,22H2,1-2H3. The molecule has 2 aromatic carbocycles. The van der Waals surface area contributed by atoms with E-state index in [1.165, 1.54) is 16.7 Å². The summed E-state index contributed by atoms with van der Waals surface area (Å²) in [5.74, 6) is 0.773. The largest absolute Gasteiger partial charge is 0.399 e. The van der Waals surface area contributed by atoms with Crippen LogP contribution in [0.15, 0.2) is 41.2 Å². The van der Waals surface area contributed by atoms with Crippen molar-refractivity contribution in [1.29, 1.82) is 0 Å². The Morgan fingerprint density at radius 2 is 2.00 bits per heavy atom. The van der Waals surface area contributed by atoms with Crippen LogP contribution in [0.25, 0.3) is 22.6 Å². The van der Waals surface area contributed by atoms with E-state index in [4.69, 9.17) is 10.7 Å². The molecule has 126 valence electrons. The number of fused-ring (bicyclic) bond motifs is 2. The number of nitrogens with zero attached hydrogens (tertiary/aromatic N) is 2. The zero-order chi connectivity index (χ0) is 17.6. The number of aromatic nitrogens is 2. The van der Waals surface area contributed by atoms with Crippen LogP contribution in [0.5, 0.6) is 0 Å². The number of allylic oxidation sites excluding steroid dienone is 1. The maximum Gasteiger partial charge on any atom is 0.261 e. The molecule has 0 bridgehead atoms. The van der Waals surface area contributed by atoms with Gasteiger partial charge in [0.1, 0.15) is 5.82 Å². The zero-order valence-corrected chi connectivity index (χ0v) is 14.5. The summed E-state index contributed by atoms with van der Waals surface area (Å²) in [6, 6.07) is 11.7. The minimum absolute atomic E-state index is 0.0200. The van der Waals surface area contributed by atoms with Crippen molar-refractivity contribution in [2.24, 2.45) is 0 Å². The van der Waals surface area contributed by atoms with E-state index < -0.39 is 0 Å². The van der Waals surface area contributed by atoms with E-state index in [-0.39, 0.29) is 5.56 Å². The van der Waals surface area contributed by atoms with Gasteiger partial charge < -0.3 is 5.73 Å². The first-order valence-electron chi connectivity index (χ1n) is 8.61. The van der Waals surface area contributed by atoms with Gasteiger partial charge in [-0.3, -0.25) is 9.36 Å². The van der Waals surface area contributed by atoms with E-state index in [9.17, 15) is 4.79 Å². The van der Waals surface area contributed by atoms with Crippen LogP contribution in [-0.2, 0) is 6.54 Å². The van der Waals surface area contributed by atoms with Crippen molar-refractivity contribution in [2.45, 2.75) is 33.2 Å². The lowest BCUT2D eigenvalue weighted by atomic mass is 9.98. The minimum Gasteiger partial charge on any atom is -0.399 e. The summed E-state index contributed by atoms with van der Waals surface area (Å²) in [7, 11) is 0. The molecule has 0 atom stereocenters. The van der Waals surface area contributed by atoms with Crippen molar-refractivity contribution >= 4 is 28.2 Å². The number of hydrogen-bond donors (Lipinski definition) is 1. The Balaban J connectivity index is 1.95. The van der Waals surface area contributed by atoms with Crippen molar-refractivity contribution in [3.05, 3.63) is 69.3 Å². The van der Waals surface area contributed by atoms with Crippen molar-refractivity contribution in [1.82, 2.24) is 9.55 Å². The Morgan fingerprint density at radius 1 is 1.16 bits per heavy atom. The molecule has 0 spiro atoms. The molecule has 2 heterocycles. The molecule has 2 N–H and O–H groups in total. The fraction of sp³-hybridized carbons (Fsp3) is 0.238. The molecular formula is C21H21N3O. The molecule has 0 saturated heterocycles. The molecule has 4 heteroatoms. The summed E-state index contributed by atoms with van der Waals surface area (Å²) in [4.78, 5) is 17.6. The van der Waals surface area contributed by atoms with Gasteiger partial charge in [0.2, 0.25) is 0 Å². The number of benzene rings is 2. The first kappa shape index (κ1) is 15.6. The third-order valence-corrected chi connectivity index (χ3v) is 4.86. The molecule has 4 nitrogen and oxygen atoms in total. The molecule has 0 saturated carbocycles. The third-order valence-electron chi connectivity index (χ3n) is 4.86. The van der Waals surface area contributed by atoms with Gasteiger partial charge in [-0.05, 0) is 67.7 Å². The van der Waals surface area contributed by atoms with Gasteiger partial charge in [-0.2, -0.15) is 0 Å². The molecular weight excluding hydrogens is 310 g/mol. The predicted molar refractivity (Wildman–Crippen MR) is 103 cm³/mol. The average Bonchev–Trinajstić information content (AvgIpc) is 2.59. The molecule has 0 aliphatic carbocycles. The van der Waals surface area contributed by atoms with Gasteiger partial charge in [-0.15, -0.1) is 0 Å². The van der Waals surface area contributed by atoms with Crippen LogP contribution in [0.4, 0.5) is 5.69 Å². The molecule has 3 aromatic rings. The molecule has 4 rings (SSSR count). The van der Waals surface area contributed by atoms with Gasteiger partial charge in [0.25, 0.3) is 5.56 Å². The number of nitrogens with two attached hydrogens (primary N) is 1. The highest BCUT2D eigenvalue weighted by molar-refractivity contribution is 5.85. The van der Waals surface area contributed by atoms with E-state index in [1.54, 1.807) is 22.8 Å². The first-order chi connectivity index (χ1) is 12.0. The number of rotatable bonds is 1. The summed E-state index contributed by atoms with van der Waals surface area (Å²) in [6.07, 6.45) is 4.05. The lowest BCUT2D eigenvalue weighted by Gasteiger charge is -2.21. The lowest BCUT2D eigenvalue weighted by molar-refractivity contribution is 0.587. The number of nitrogen functional groups attached to an aromatic ring is 1. The van der Waals surface area contributed by atoms with Crippen LogP contribution in [-0.4, -0.2) is 9.55 Å². The first-order valence-corrected chi connectivity index (χ1v) is 8.61. The Bertz CT molecular complexity index is 1080. The van der Waals surface area contributed by atoms with Crippen LogP contribution >= 0.6 is 0 Å². The van der Waals surface area contributed by atoms with Crippen LogP contribution in [0, 0.1) is 13.8 Å². The normalized spacial score (nSPS) is 15.5. The minimum atomic E-state index is 0.0200. The highest BCUT2D eigenvalue weighted by Gasteiger charge is 2.19. The zero-order valence-electron chi connectivity index (χ0n) is 14.5. The van der Waals surface area contributed by atoms with Crippen LogP contribution in [0.1, 0.15) is 35.4 Å². The Morgan fingerprint density at radius 3 is 2.84 bits per heavy atom. The maximum absolute atomic E-state index is 12.9. The van der Waals surface area contributed by atoms with Gasteiger partial charge >= 0.3 is 0 Å². The topological polar surface area (TPSA) is 60.9 Å². The fourth-order valence-electron chi connectivity index (χ4n) is 3.47. The molecule has 0 radical (unpaired) electrons. The van der Waals surface area contributed by atoms with Crippen LogP contribution < -0.4 is 11.3 Å². The van der Waals surface area contributed by atoms with E-state index in [0.29, 0.717) is 23.1 Å². The monoisotopic (exact) mass is 331 g/mol. The third kappa shape index (κ3) is 2.74. The van der Waals surface area contributed by atoms with Crippen molar-refractivity contribution in [3.63, 3.8) is 0 Å². The van der Waals surface area contributed by atoms with Gasteiger partial charge in [0.15, 0.2) is 0 Å². The molecule has 0 amide bonds. The number of anilines is 1. The highest BCUT2D eigenvalue weighted by Crippen LogP contribution is 2.28. The van der Waals surface area contributed by atoms with E-state index >= 15 is 0 Å². The van der Waals surface area contributed by atoms with Crippen LogP contribution in [0.2, 0.25) is 0 Å². The van der Waals surface area contributed by atoms with Gasteiger partial charge in [-0.1, -0.05) is 23.8 Å². The van der Waals surface area contributed by atoms with Gasteiger partial charge in [0, 0.05) is 12.2 Å². The lowest BCUT2D eigenvalue weighted by Crippen LogP contribution is -2.27. The van der Waals surface area contributed by atoms with Crippen molar-refractivity contribution in [3.8, 4) is 0 Å². The summed E-state index contributed by atoms with van der Waals surface area (Å²) >= 11 is 0. The highest BCUT2D eigenvalue weighted by atomic mass is 16.1. The summed E-state index contributed by atoms with van der Waals surface area (Å²) in [5.41, 5.74) is 11.9. The molecule has 1 aromatic heterocycles. The smallest absolute Gasteiger partial charge is 0.261 e. The summed E-state index contributed by atoms with van der Waals surface area (Å²) in [5, 5.41) is 0.630. The van der Waals surface area contributed by atoms with Crippen molar-refractivity contribution < 1.29 is 0 Å². The van der Waals surface area contributed by atoms with Crippen LogP contribution in [0.3, 0.4) is 0 Å².